The average Bonchev–Trinajstić information content (AvgIpc) is 2.34. The average molecular weight is 265 g/mol. The van der Waals surface area contributed by atoms with E-state index in [1.807, 2.05) is 0 Å². The van der Waals surface area contributed by atoms with Crippen LogP contribution in [0.3, 0.4) is 0 Å². The number of benzene rings is 1. The van der Waals surface area contributed by atoms with E-state index in [0.717, 1.165) is 5.56 Å². The van der Waals surface area contributed by atoms with E-state index in [1.54, 1.807) is 48.8 Å². The van der Waals surface area contributed by atoms with Gasteiger partial charge in [-0.1, -0.05) is 0 Å². The van der Waals surface area contributed by atoms with Gasteiger partial charge in [0, 0.05) is 6.20 Å². The van der Waals surface area contributed by atoms with Crippen molar-refractivity contribution < 1.29 is 5.11 Å². The van der Waals surface area contributed by atoms with E-state index in [-0.39, 0.29) is 18.2 Å². The molecule has 94 valence electrons. The first kappa shape index (κ1) is 13.8. The smallest absolute Gasteiger partial charge is 0.169 e. The zero-order valence-electron chi connectivity index (χ0n) is 9.45. The quantitative estimate of drug-likeness (QED) is 0.586. The second-order valence-corrected chi connectivity index (χ2v) is 3.40. The van der Waals surface area contributed by atoms with Gasteiger partial charge in [-0.05, 0) is 42.0 Å². The third kappa shape index (κ3) is 3.64. The third-order valence-corrected chi connectivity index (χ3v) is 2.12. The molecule has 1 aromatic heterocycles. The van der Waals surface area contributed by atoms with Crippen molar-refractivity contribution in [2.24, 2.45) is 5.10 Å². The van der Waals surface area contributed by atoms with Crippen LogP contribution < -0.4 is 11.2 Å². The first-order chi connectivity index (χ1) is 8.25. The number of nitrogen functional groups attached to an aromatic ring is 1. The minimum Gasteiger partial charge on any atom is -0.508 e. The summed E-state index contributed by atoms with van der Waals surface area (Å²) < 4.78 is 0. The predicted molar refractivity (Wildman–Crippen MR) is 75.2 cm³/mol. The van der Waals surface area contributed by atoms with Gasteiger partial charge in [-0.3, -0.25) is 5.43 Å². The monoisotopic (exact) mass is 264 g/mol. The van der Waals surface area contributed by atoms with Crippen molar-refractivity contribution in [3.05, 3.63) is 48.2 Å². The van der Waals surface area contributed by atoms with Crippen LogP contribution in [0.15, 0.2) is 47.7 Å². The van der Waals surface area contributed by atoms with Gasteiger partial charge in [0.05, 0.1) is 11.9 Å². The van der Waals surface area contributed by atoms with E-state index in [9.17, 15) is 0 Å². The fourth-order valence-corrected chi connectivity index (χ4v) is 1.24. The molecule has 0 atom stereocenters. The summed E-state index contributed by atoms with van der Waals surface area (Å²) in [6.07, 6.45) is 3.25. The van der Waals surface area contributed by atoms with E-state index >= 15 is 0 Å². The maximum absolute atomic E-state index is 9.11. The lowest BCUT2D eigenvalue weighted by molar-refractivity contribution is 0.475. The maximum Gasteiger partial charge on any atom is 0.169 e. The summed E-state index contributed by atoms with van der Waals surface area (Å²) in [5, 5.41) is 13.1. The lowest BCUT2D eigenvalue weighted by Gasteiger charge is -2.01. The van der Waals surface area contributed by atoms with Crippen LogP contribution in [-0.2, 0) is 0 Å². The molecule has 0 fully saturated rings. The first-order valence-corrected chi connectivity index (χ1v) is 5.04. The lowest BCUT2D eigenvalue weighted by Crippen LogP contribution is -1.98. The standard InChI is InChI=1S/C12H12N4O.ClH/c13-11-2-1-7-14-12(11)16-15-8-9-3-5-10(17)6-4-9;/h1-8,17H,13H2,(H,14,16);1H/b15-8+;. The van der Waals surface area contributed by atoms with Gasteiger partial charge in [0.15, 0.2) is 5.82 Å². The summed E-state index contributed by atoms with van der Waals surface area (Å²) in [6.45, 7) is 0. The molecule has 2 rings (SSSR count). The number of phenols is 1. The fourth-order valence-electron chi connectivity index (χ4n) is 1.24. The molecule has 1 aromatic carbocycles. The van der Waals surface area contributed by atoms with Gasteiger partial charge in [0.2, 0.25) is 0 Å². The van der Waals surface area contributed by atoms with Crippen molar-refractivity contribution in [2.45, 2.75) is 0 Å². The SMILES string of the molecule is Cl.Nc1cccnc1N/N=C/c1ccc(O)cc1. The number of aromatic nitrogens is 1. The maximum atomic E-state index is 9.11. The molecule has 4 N–H and O–H groups in total. The van der Waals surface area contributed by atoms with E-state index in [4.69, 9.17) is 10.8 Å². The Balaban J connectivity index is 0.00000162. The third-order valence-electron chi connectivity index (χ3n) is 2.12. The van der Waals surface area contributed by atoms with Crippen LogP contribution in [0.4, 0.5) is 11.5 Å². The number of nitrogens with two attached hydrogens (primary N) is 1. The molecule has 0 aliphatic heterocycles. The number of nitrogens with zero attached hydrogens (tertiary/aromatic N) is 2. The van der Waals surface area contributed by atoms with Gasteiger partial charge < -0.3 is 10.8 Å². The molecule has 0 saturated carbocycles. The molecule has 6 heteroatoms. The minimum absolute atomic E-state index is 0. The summed E-state index contributed by atoms with van der Waals surface area (Å²) >= 11 is 0. The summed E-state index contributed by atoms with van der Waals surface area (Å²) in [6, 6.07) is 10.2. The highest BCUT2D eigenvalue weighted by atomic mass is 35.5. The summed E-state index contributed by atoms with van der Waals surface area (Å²) in [7, 11) is 0. The molecule has 0 unspecified atom stereocenters. The van der Waals surface area contributed by atoms with Crippen molar-refractivity contribution in [3.8, 4) is 5.75 Å². The normalized spacial score (nSPS) is 10.0. The minimum atomic E-state index is 0. The zero-order valence-corrected chi connectivity index (χ0v) is 10.3. The van der Waals surface area contributed by atoms with Crippen LogP contribution in [0.1, 0.15) is 5.56 Å². The first-order valence-electron chi connectivity index (χ1n) is 5.04. The highest BCUT2D eigenvalue weighted by Crippen LogP contribution is 2.12. The van der Waals surface area contributed by atoms with Gasteiger partial charge in [-0.25, -0.2) is 4.98 Å². The number of hydrogen-bond donors (Lipinski definition) is 3. The van der Waals surface area contributed by atoms with E-state index in [2.05, 4.69) is 15.5 Å². The molecule has 2 aromatic rings. The topological polar surface area (TPSA) is 83.5 Å². The Morgan fingerprint density at radius 2 is 1.94 bits per heavy atom. The molecular formula is C12H13ClN4O. The molecule has 0 aliphatic rings. The molecule has 0 aliphatic carbocycles. The summed E-state index contributed by atoms with van der Waals surface area (Å²) in [5.41, 5.74) is 9.84. The van der Waals surface area contributed by atoms with Gasteiger partial charge in [0.25, 0.3) is 0 Å². The number of hydrazone groups is 1. The molecule has 0 radical (unpaired) electrons. The fraction of sp³-hybridized carbons (Fsp3) is 0. The Bertz CT molecular complexity index is 528. The molecule has 5 nitrogen and oxygen atoms in total. The largest absolute Gasteiger partial charge is 0.508 e. The second kappa shape index (κ2) is 6.46. The number of nitrogens with one attached hydrogen (secondary N) is 1. The molecule has 0 spiro atoms. The Morgan fingerprint density at radius 3 is 2.61 bits per heavy atom. The molecule has 0 bridgehead atoms. The van der Waals surface area contributed by atoms with Crippen LogP contribution in [0.25, 0.3) is 0 Å². The molecule has 0 amide bonds. The lowest BCUT2D eigenvalue weighted by atomic mass is 10.2. The van der Waals surface area contributed by atoms with Crippen LogP contribution >= 0.6 is 12.4 Å². The number of halogens is 1. The second-order valence-electron chi connectivity index (χ2n) is 3.40. The van der Waals surface area contributed by atoms with Crippen LogP contribution in [0, 0.1) is 0 Å². The number of aromatic hydroxyl groups is 1. The zero-order chi connectivity index (χ0) is 12.1. The predicted octanol–water partition coefficient (Wildman–Crippen LogP) is 2.24. The van der Waals surface area contributed by atoms with Crippen LogP contribution in [0.2, 0.25) is 0 Å². The number of anilines is 2. The van der Waals surface area contributed by atoms with Crippen molar-refractivity contribution in [1.29, 1.82) is 0 Å². The number of rotatable bonds is 3. The summed E-state index contributed by atoms with van der Waals surface area (Å²) in [4.78, 5) is 4.03. The van der Waals surface area contributed by atoms with Gasteiger partial charge in [-0.2, -0.15) is 5.10 Å². The van der Waals surface area contributed by atoms with Crippen molar-refractivity contribution in [2.75, 3.05) is 11.2 Å². The van der Waals surface area contributed by atoms with E-state index < -0.39 is 0 Å². The Kier molecular flexibility index (Phi) is 4.95. The van der Waals surface area contributed by atoms with Gasteiger partial charge in [0.1, 0.15) is 5.75 Å². The molecule has 0 saturated heterocycles. The van der Waals surface area contributed by atoms with Crippen molar-refractivity contribution in [3.63, 3.8) is 0 Å². The summed E-state index contributed by atoms with van der Waals surface area (Å²) in [5.74, 6) is 0.742. The molecule has 1 heterocycles. The molecule has 18 heavy (non-hydrogen) atoms. The number of phenolic OH excluding ortho intramolecular Hbond substituents is 1. The van der Waals surface area contributed by atoms with Gasteiger partial charge in [-0.15, -0.1) is 12.4 Å². The van der Waals surface area contributed by atoms with Crippen molar-refractivity contribution in [1.82, 2.24) is 4.98 Å². The Hall–Kier alpha value is -2.27. The Labute approximate surface area is 111 Å². The highest BCUT2D eigenvalue weighted by Gasteiger charge is 1.95. The molecular weight excluding hydrogens is 252 g/mol. The van der Waals surface area contributed by atoms with E-state index in [0.29, 0.717) is 11.5 Å². The number of hydrogen-bond acceptors (Lipinski definition) is 5. The number of pyridine rings is 1. The van der Waals surface area contributed by atoms with Crippen LogP contribution in [-0.4, -0.2) is 16.3 Å². The van der Waals surface area contributed by atoms with Gasteiger partial charge >= 0.3 is 0 Å². The van der Waals surface area contributed by atoms with E-state index in [1.165, 1.54) is 0 Å². The van der Waals surface area contributed by atoms with Crippen LogP contribution in [0.5, 0.6) is 5.75 Å². The van der Waals surface area contributed by atoms with Crippen molar-refractivity contribution >= 4 is 30.1 Å². The highest BCUT2D eigenvalue weighted by molar-refractivity contribution is 5.85. The Morgan fingerprint density at radius 1 is 1.22 bits per heavy atom.